The summed E-state index contributed by atoms with van der Waals surface area (Å²) in [7, 11) is 11.9. The molecule has 0 N–H and O–H groups in total. The molecule has 0 saturated heterocycles. The second kappa shape index (κ2) is 3.53. The number of hydrogen-bond acceptors (Lipinski definition) is 1. The molecule has 0 aliphatic rings. The zero-order valence-corrected chi connectivity index (χ0v) is 7.03. The summed E-state index contributed by atoms with van der Waals surface area (Å²) in [5, 5.41) is 0. The molecule has 5 heavy (non-hydrogen) atoms. The number of halogens is 2. The van der Waals surface area contributed by atoms with Crippen molar-refractivity contribution < 1.29 is 3.07 Å². The monoisotopic (exact) mass is 221 g/mol. The Morgan fingerprint density at radius 1 is 1.60 bits per heavy atom. The normalized spacial score (nSPS) is 9.60. The molecule has 0 aliphatic heterocycles. The second-order valence-corrected chi connectivity index (χ2v) is 8.79. The van der Waals surface area contributed by atoms with E-state index in [-0.39, 0.29) is 0 Å². The minimum absolute atomic E-state index is 1.52. The molecule has 0 amide bonds. The molecule has 0 aliphatic carbocycles. The molecule has 0 saturated carbocycles. The molecule has 0 aromatic carbocycles. The third kappa shape index (κ3) is 5.34. The van der Waals surface area contributed by atoms with Crippen molar-refractivity contribution in [2.24, 2.45) is 0 Å². The Morgan fingerprint density at radius 2 is 1.80 bits per heavy atom. The van der Waals surface area contributed by atoms with E-state index in [4.69, 9.17) is 17.8 Å². The maximum atomic E-state index is 5.20. The summed E-state index contributed by atoms with van der Waals surface area (Å²) in [5.74, 6) is 0. The van der Waals surface area contributed by atoms with Crippen molar-refractivity contribution in [3.05, 3.63) is 0 Å². The van der Waals surface area contributed by atoms with E-state index in [0.717, 1.165) is 0 Å². The molecule has 0 spiro atoms. The van der Waals surface area contributed by atoms with E-state index in [1.165, 1.54) is 7.11 Å². The van der Waals surface area contributed by atoms with Gasteiger partial charge in [0.1, 0.15) is 0 Å². The molecule has 31 valence electrons. The quantitative estimate of drug-likeness (QED) is 0.602. The van der Waals surface area contributed by atoms with Gasteiger partial charge >= 0.3 is 45.9 Å². The van der Waals surface area contributed by atoms with E-state index in [0.29, 0.717) is 0 Å². The van der Waals surface area contributed by atoms with Crippen molar-refractivity contribution in [2.45, 2.75) is 0 Å². The van der Waals surface area contributed by atoms with Crippen LogP contribution in [0.5, 0.6) is 0 Å². The molecule has 0 rings (SSSR count). The fraction of sp³-hybridized carbons (Fsp3) is 1.00. The molecule has 0 heterocycles. The average molecular weight is 221 g/mol. The van der Waals surface area contributed by atoms with E-state index in [1.54, 1.807) is 0 Å². The van der Waals surface area contributed by atoms with E-state index in [9.17, 15) is 0 Å². The standard InChI is InChI=1S/CH3O.2ClH.Sn/c1-2;;;/h1H3;2*1H;/q-1;;;+3/p-2. The van der Waals surface area contributed by atoms with Gasteiger partial charge in [-0.25, -0.2) is 0 Å². The van der Waals surface area contributed by atoms with Gasteiger partial charge < -0.3 is 0 Å². The molecular weight excluding hydrogens is 218 g/mol. The van der Waals surface area contributed by atoms with Gasteiger partial charge in [0.15, 0.2) is 0 Å². The van der Waals surface area contributed by atoms with Crippen molar-refractivity contribution in [1.82, 2.24) is 0 Å². The summed E-state index contributed by atoms with van der Waals surface area (Å²) < 4.78 is 4.48. The first-order chi connectivity index (χ1) is 2.27. The molecule has 1 radical (unpaired) electrons. The van der Waals surface area contributed by atoms with Crippen LogP contribution in [0.1, 0.15) is 0 Å². The second-order valence-electron chi connectivity index (χ2n) is 0.430. The van der Waals surface area contributed by atoms with Gasteiger partial charge in [0.05, 0.1) is 0 Å². The van der Waals surface area contributed by atoms with Crippen LogP contribution in [-0.4, -0.2) is 25.0 Å². The summed E-state index contributed by atoms with van der Waals surface area (Å²) >= 11 is -2.14. The Labute approximate surface area is 45.9 Å². The van der Waals surface area contributed by atoms with Gasteiger partial charge in [0.2, 0.25) is 0 Å². The van der Waals surface area contributed by atoms with Crippen LogP contribution in [0.25, 0.3) is 0 Å². The predicted molar refractivity (Wildman–Crippen MR) is 24.5 cm³/mol. The Bertz CT molecular complexity index is 23.6. The maximum absolute atomic E-state index is 5.20. The molecule has 4 heteroatoms. The first-order valence-electron chi connectivity index (χ1n) is 0.990. The summed E-state index contributed by atoms with van der Waals surface area (Å²) in [6.45, 7) is 0. The molecule has 0 unspecified atom stereocenters. The molecule has 0 fully saturated rings. The zero-order chi connectivity index (χ0) is 4.28. The molecular formula is CH3Cl2OSn. The molecule has 0 aromatic rings. The molecule has 0 atom stereocenters. The third-order valence-electron chi connectivity index (χ3n) is 0.154. The van der Waals surface area contributed by atoms with Gasteiger partial charge in [-0.1, -0.05) is 0 Å². The predicted octanol–water partition coefficient (Wildman–Crippen LogP) is 1.10. The molecule has 0 bridgehead atoms. The van der Waals surface area contributed by atoms with Crippen LogP contribution >= 0.6 is 17.8 Å². The summed E-state index contributed by atoms with van der Waals surface area (Å²) in [5.41, 5.74) is 0. The van der Waals surface area contributed by atoms with Crippen LogP contribution in [0, 0.1) is 0 Å². The number of hydrogen-bond donors (Lipinski definition) is 0. The summed E-state index contributed by atoms with van der Waals surface area (Å²) in [4.78, 5) is 0. The van der Waals surface area contributed by atoms with E-state index in [2.05, 4.69) is 3.07 Å². The van der Waals surface area contributed by atoms with Gasteiger partial charge in [0.25, 0.3) is 0 Å². The third-order valence-corrected chi connectivity index (χ3v) is 3.11. The Kier molecular flexibility index (Phi) is 4.47. The van der Waals surface area contributed by atoms with Gasteiger partial charge in [0, 0.05) is 0 Å². The van der Waals surface area contributed by atoms with Crippen LogP contribution < -0.4 is 0 Å². The zero-order valence-electron chi connectivity index (χ0n) is 2.66. The number of rotatable bonds is 1. The van der Waals surface area contributed by atoms with Gasteiger partial charge in [-0.3, -0.25) is 0 Å². The van der Waals surface area contributed by atoms with Crippen LogP contribution in [0.3, 0.4) is 0 Å². The first-order valence-corrected chi connectivity index (χ1v) is 9.38. The minimum atomic E-state index is -2.14. The van der Waals surface area contributed by atoms with Gasteiger partial charge in [-0.15, -0.1) is 0 Å². The van der Waals surface area contributed by atoms with E-state index in [1.807, 2.05) is 0 Å². The van der Waals surface area contributed by atoms with Crippen molar-refractivity contribution in [2.75, 3.05) is 7.11 Å². The van der Waals surface area contributed by atoms with Gasteiger partial charge in [-0.2, -0.15) is 0 Å². The summed E-state index contributed by atoms with van der Waals surface area (Å²) in [6.07, 6.45) is 0. The Morgan fingerprint density at radius 3 is 1.80 bits per heavy atom. The van der Waals surface area contributed by atoms with Crippen LogP contribution in [0.4, 0.5) is 0 Å². The van der Waals surface area contributed by atoms with E-state index < -0.39 is 17.9 Å². The SMILES string of the molecule is C[O][Sn]([Cl])[Cl]. The summed E-state index contributed by atoms with van der Waals surface area (Å²) in [6, 6.07) is 0. The Hall–Kier alpha value is 1.34. The van der Waals surface area contributed by atoms with Crippen LogP contribution in [-0.2, 0) is 3.07 Å². The fourth-order valence-corrected chi connectivity index (χ4v) is 0. The van der Waals surface area contributed by atoms with Crippen molar-refractivity contribution in [3.8, 4) is 0 Å². The van der Waals surface area contributed by atoms with Crippen molar-refractivity contribution >= 4 is 35.8 Å². The van der Waals surface area contributed by atoms with Crippen LogP contribution in [0.2, 0.25) is 0 Å². The van der Waals surface area contributed by atoms with Crippen molar-refractivity contribution in [1.29, 1.82) is 0 Å². The average Bonchev–Trinajstić information content (AvgIpc) is 1.38. The van der Waals surface area contributed by atoms with E-state index >= 15 is 0 Å². The topological polar surface area (TPSA) is 9.23 Å². The van der Waals surface area contributed by atoms with Crippen LogP contribution in [0.15, 0.2) is 0 Å². The molecule has 1 nitrogen and oxygen atoms in total. The fourth-order valence-electron chi connectivity index (χ4n) is 0. The first kappa shape index (κ1) is 6.34. The van der Waals surface area contributed by atoms with Gasteiger partial charge in [-0.05, 0) is 0 Å². The molecule has 0 aromatic heterocycles. The Balaban J connectivity index is 2.54. The van der Waals surface area contributed by atoms with Crippen molar-refractivity contribution in [3.63, 3.8) is 0 Å².